The average molecular weight is 272 g/mol. The summed E-state index contributed by atoms with van der Waals surface area (Å²) in [6, 6.07) is 0.706. The number of hydrogen-bond donors (Lipinski definition) is 1. The molecule has 94 valence electrons. The minimum atomic E-state index is -5.04. The molecule has 0 aliphatic carbocycles. The first-order chi connectivity index (χ1) is 7.74. The molecule has 0 atom stereocenters. The summed E-state index contributed by atoms with van der Waals surface area (Å²) in [6.45, 7) is 0. The van der Waals surface area contributed by atoms with Crippen LogP contribution < -0.4 is 15.0 Å². The predicted molar refractivity (Wildman–Crippen MR) is 50.5 cm³/mol. The molecule has 0 bridgehead atoms. The second-order valence-corrected chi connectivity index (χ2v) is 3.07. The highest BCUT2D eigenvalue weighted by atomic mass is 35.5. The van der Waals surface area contributed by atoms with Crippen molar-refractivity contribution in [3.63, 3.8) is 0 Å². The third kappa shape index (κ3) is 3.38. The quantitative estimate of drug-likeness (QED) is 0.849. The fourth-order valence-electron chi connectivity index (χ4n) is 1.06. The Morgan fingerprint density at radius 2 is 2.06 bits per heavy atom. The van der Waals surface area contributed by atoms with Gasteiger partial charge in [-0.15, -0.1) is 13.2 Å². The minimum absolute atomic E-state index is 0.517. The topological polar surface area (TPSA) is 68.4 Å². The van der Waals surface area contributed by atoms with Gasteiger partial charge in [0.2, 0.25) is 5.88 Å². The summed E-state index contributed by atoms with van der Waals surface area (Å²) in [5, 5.41) is -1.14. The number of alkyl halides is 3. The Labute approximate surface area is 97.1 Å². The second-order valence-electron chi connectivity index (χ2n) is 2.73. The largest absolute Gasteiger partial charge is 0.574 e. The van der Waals surface area contributed by atoms with E-state index in [1.165, 1.54) is 0 Å². The first kappa shape index (κ1) is 13.4. The van der Waals surface area contributed by atoms with Gasteiger partial charge in [0, 0.05) is 6.07 Å². The lowest BCUT2D eigenvalue weighted by molar-refractivity contribution is -0.276. The first-order valence-electron chi connectivity index (χ1n) is 4.01. The molecule has 0 aromatic carbocycles. The Balaban J connectivity index is 3.38. The number of carbonyl (C=O) groups is 1. The third-order valence-electron chi connectivity index (χ3n) is 1.60. The van der Waals surface area contributed by atoms with Gasteiger partial charge in [-0.05, 0) is 11.6 Å². The number of carbonyl (C=O) groups excluding carboxylic acids is 1. The molecule has 5 nitrogen and oxygen atoms in total. The van der Waals surface area contributed by atoms with Crippen molar-refractivity contribution in [3.8, 4) is 11.6 Å². The van der Waals surface area contributed by atoms with Gasteiger partial charge in [0.05, 0.1) is 12.7 Å². The van der Waals surface area contributed by atoms with Crippen LogP contribution in [0.4, 0.5) is 13.2 Å². The summed E-state index contributed by atoms with van der Waals surface area (Å²) < 4.78 is 44.1. The highest BCUT2D eigenvalue weighted by molar-refractivity contribution is 6.68. The molecule has 0 aliphatic rings. The molecule has 0 radical (unpaired) electrons. The Morgan fingerprint density at radius 3 is 2.47 bits per heavy atom. The van der Waals surface area contributed by atoms with Crippen molar-refractivity contribution in [2.24, 2.45) is 0 Å². The molecule has 1 heterocycles. The summed E-state index contributed by atoms with van der Waals surface area (Å²) in [5.74, 6) is -1.63. The van der Waals surface area contributed by atoms with E-state index in [9.17, 15) is 22.8 Å². The molecule has 17 heavy (non-hydrogen) atoms. The SMILES string of the molecule is COc1c(C(=O)Cl)cc(=O)[nH]c1OC(F)(F)F. The summed E-state index contributed by atoms with van der Waals surface area (Å²) >= 11 is 5.09. The molecule has 0 unspecified atom stereocenters. The lowest BCUT2D eigenvalue weighted by Crippen LogP contribution is -2.21. The van der Waals surface area contributed by atoms with E-state index in [2.05, 4.69) is 9.47 Å². The number of rotatable bonds is 3. The van der Waals surface area contributed by atoms with Gasteiger partial charge in [-0.3, -0.25) is 14.6 Å². The van der Waals surface area contributed by atoms with Gasteiger partial charge >= 0.3 is 6.36 Å². The third-order valence-corrected chi connectivity index (χ3v) is 1.80. The van der Waals surface area contributed by atoms with Crippen molar-refractivity contribution in [1.29, 1.82) is 0 Å². The Kier molecular flexibility index (Phi) is 3.66. The molecule has 9 heteroatoms. The number of ether oxygens (including phenoxy) is 2. The van der Waals surface area contributed by atoms with E-state index in [-0.39, 0.29) is 0 Å². The van der Waals surface area contributed by atoms with Crippen LogP contribution in [0.3, 0.4) is 0 Å². The maximum absolute atomic E-state index is 12.0. The zero-order chi connectivity index (χ0) is 13.2. The number of pyridine rings is 1. The molecular formula is C8H5ClF3NO4. The molecule has 1 rings (SSSR count). The van der Waals surface area contributed by atoms with E-state index < -0.39 is 34.4 Å². The van der Waals surface area contributed by atoms with E-state index in [4.69, 9.17) is 11.6 Å². The first-order valence-corrected chi connectivity index (χ1v) is 4.39. The summed E-state index contributed by atoms with van der Waals surface area (Å²) in [7, 11) is 1.00. The Morgan fingerprint density at radius 1 is 1.47 bits per heavy atom. The van der Waals surface area contributed by atoms with Crippen molar-refractivity contribution < 1.29 is 27.4 Å². The molecule has 0 spiro atoms. The molecule has 0 saturated heterocycles. The molecule has 1 N–H and O–H groups in total. The van der Waals surface area contributed by atoms with Crippen LogP contribution in [0.1, 0.15) is 10.4 Å². The molecular weight excluding hydrogens is 267 g/mol. The van der Waals surface area contributed by atoms with Gasteiger partial charge in [0.1, 0.15) is 0 Å². The minimum Gasteiger partial charge on any atom is -0.491 e. The van der Waals surface area contributed by atoms with Crippen LogP contribution in [0.25, 0.3) is 0 Å². The van der Waals surface area contributed by atoms with E-state index in [0.29, 0.717) is 6.07 Å². The van der Waals surface area contributed by atoms with Crippen LogP contribution in [0, 0.1) is 0 Å². The van der Waals surface area contributed by atoms with E-state index >= 15 is 0 Å². The van der Waals surface area contributed by atoms with Crippen molar-refractivity contribution in [1.82, 2.24) is 4.98 Å². The maximum Gasteiger partial charge on any atom is 0.574 e. The smallest absolute Gasteiger partial charge is 0.491 e. The maximum atomic E-state index is 12.0. The van der Waals surface area contributed by atoms with Crippen molar-refractivity contribution in [2.75, 3.05) is 7.11 Å². The Hall–Kier alpha value is -1.70. The fourth-order valence-corrected chi connectivity index (χ4v) is 1.20. The van der Waals surface area contributed by atoms with Gasteiger partial charge in [-0.2, -0.15) is 0 Å². The lowest BCUT2D eigenvalue weighted by Gasteiger charge is -2.13. The molecule has 0 saturated carbocycles. The summed E-state index contributed by atoms with van der Waals surface area (Å²) in [6.07, 6.45) is -5.04. The van der Waals surface area contributed by atoms with Crippen molar-refractivity contribution >= 4 is 16.8 Å². The molecule has 1 aromatic rings. The second kappa shape index (κ2) is 4.66. The van der Waals surface area contributed by atoms with Crippen molar-refractivity contribution in [3.05, 3.63) is 22.0 Å². The normalized spacial score (nSPS) is 11.1. The predicted octanol–water partition coefficient (Wildman–Crippen LogP) is 1.66. The van der Waals surface area contributed by atoms with Gasteiger partial charge < -0.3 is 9.47 Å². The summed E-state index contributed by atoms with van der Waals surface area (Å²) in [5.41, 5.74) is -1.49. The van der Waals surface area contributed by atoms with Gasteiger partial charge in [-0.25, -0.2) is 0 Å². The van der Waals surface area contributed by atoms with Crippen LogP contribution >= 0.6 is 11.6 Å². The average Bonchev–Trinajstić information content (AvgIpc) is 2.14. The standard InChI is InChI=1S/C8H5ClF3NO4/c1-16-5-3(6(9)15)2-4(14)13-7(5)17-8(10,11)12/h2H,1H3,(H,13,14). The summed E-state index contributed by atoms with van der Waals surface area (Å²) in [4.78, 5) is 23.6. The van der Waals surface area contributed by atoms with Crippen LogP contribution in [0.15, 0.2) is 10.9 Å². The van der Waals surface area contributed by atoms with Crippen molar-refractivity contribution in [2.45, 2.75) is 6.36 Å². The number of hydrogen-bond acceptors (Lipinski definition) is 4. The molecule has 0 amide bonds. The number of aromatic nitrogens is 1. The monoisotopic (exact) mass is 271 g/mol. The van der Waals surface area contributed by atoms with Crippen LogP contribution in [-0.2, 0) is 0 Å². The zero-order valence-corrected chi connectivity index (χ0v) is 8.98. The highest BCUT2D eigenvalue weighted by Crippen LogP contribution is 2.32. The number of H-pyrrole nitrogens is 1. The highest BCUT2D eigenvalue weighted by Gasteiger charge is 2.34. The molecule has 0 aliphatic heterocycles. The lowest BCUT2D eigenvalue weighted by atomic mass is 10.2. The van der Waals surface area contributed by atoms with E-state index in [1.54, 1.807) is 4.98 Å². The van der Waals surface area contributed by atoms with Crippen LogP contribution in [0.5, 0.6) is 11.6 Å². The van der Waals surface area contributed by atoms with Crippen LogP contribution in [-0.4, -0.2) is 23.7 Å². The van der Waals surface area contributed by atoms with E-state index in [0.717, 1.165) is 7.11 Å². The number of halogens is 4. The van der Waals surface area contributed by atoms with Gasteiger partial charge in [0.25, 0.3) is 10.8 Å². The number of aromatic amines is 1. The van der Waals surface area contributed by atoms with E-state index in [1.807, 2.05) is 0 Å². The van der Waals surface area contributed by atoms with Crippen LogP contribution in [0.2, 0.25) is 0 Å². The van der Waals surface area contributed by atoms with Gasteiger partial charge in [0.15, 0.2) is 5.75 Å². The molecule has 0 fully saturated rings. The van der Waals surface area contributed by atoms with Gasteiger partial charge in [-0.1, -0.05) is 0 Å². The zero-order valence-electron chi connectivity index (χ0n) is 8.22. The Bertz CT molecular complexity index is 497. The number of nitrogens with one attached hydrogen (secondary N) is 1. The molecule has 1 aromatic heterocycles. The number of methoxy groups -OCH3 is 1. The fraction of sp³-hybridized carbons (Fsp3) is 0.250.